The van der Waals surface area contributed by atoms with Crippen LogP contribution >= 0.6 is 7.92 Å². The molecule has 0 atom stereocenters. The molecular formula is C3H9P. The maximum absolute atomic E-state index is 2.23. The van der Waals surface area contributed by atoms with Crippen LogP contribution < -0.4 is 0 Å². The largest absolute Gasteiger partial charge is 0.116 e. The van der Waals surface area contributed by atoms with E-state index in [2.05, 4.69) is 20.0 Å². The zero-order valence-corrected chi connectivity index (χ0v) is 4.34. The van der Waals surface area contributed by atoms with Crippen molar-refractivity contribution in [1.29, 1.82) is 0 Å². The molecule has 0 aromatic heterocycles. The van der Waals surface area contributed by atoms with Gasteiger partial charge in [-0.05, 0) is 20.0 Å². The Morgan fingerprint density at radius 3 is 1.00 bits per heavy atom. The summed E-state index contributed by atoms with van der Waals surface area (Å²) in [5, 5.41) is 0. The Balaban J connectivity index is 2.32. The summed E-state index contributed by atoms with van der Waals surface area (Å²) in [5.41, 5.74) is 0. The van der Waals surface area contributed by atoms with Crippen molar-refractivity contribution in [2.45, 2.75) is 0 Å². The molecule has 26 valence electrons. The van der Waals surface area contributed by atoms with Crippen LogP contribution in [0, 0.1) is 0 Å². The highest BCUT2D eigenvalue weighted by Gasteiger charge is 1.65. The fourth-order valence-corrected chi connectivity index (χ4v) is 0. The van der Waals surface area contributed by atoms with Crippen molar-refractivity contribution in [1.82, 2.24) is 0 Å². The summed E-state index contributed by atoms with van der Waals surface area (Å²) in [7, 11) is 0.380. The normalized spacial score (nSPS) is 9.00. The molecule has 0 nitrogen and oxygen atoms in total. The van der Waals surface area contributed by atoms with Crippen LogP contribution in [0.15, 0.2) is 0 Å². The third-order valence-corrected chi connectivity index (χ3v) is 0. The van der Waals surface area contributed by atoms with Gasteiger partial charge in [-0.25, -0.2) is 0 Å². The van der Waals surface area contributed by atoms with Crippen LogP contribution in [0.25, 0.3) is 0 Å². The number of hydrogen-bond donors (Lipinski definition) is 0. The third kappa shape index (κ3) is 26.9. The molecule has 0 spiro atoms. The molecule has 0 aliphatic rings. The lowest BCUT2D eigenvalue weighted by atomic mass is 11.9. The van der Waals surface area contributed by atoms with Crippen molar-refractivity contribution in [2.24, 2.45) is 0 Å². The first kappa shape index (κ1) is 4.43. The van der Waals surface area contributed by atoms with Gasteiger partial charge in [-0.3, -0.25) is 0 Å². The van der Waals surface area contributed by atoms with E-state index in [9.17, 15) is 0 Å². The second-order valence-corrected chi connectivity index (χ2v) is 4.02. The topological polar surface area (TPSA) is 0 Å². The van der Waals surface area contributed by atoms with Gasteiger partial charge >= 0.3 is 0 Å². The van der Waals surface area contributed by atoms with E-state index in [0.29, 0.717) is 7.92 Å². The van der Waals surface area contributed by atoms with Gasteiger partial charge in [-0.1, -0.05) is 0 Å². The molecule has 0 aliphatic heterocycles. The van der Waals surface area contributed by atoms with Crippen molar-refractivity contribution in [2.75, 3.05) is 20.0 Å². The average Bonchev–Trinajstić information content (AvgIpc) is 0.811. The van der Waals surface area contributed by atoms with Crippen LogP contribution in [0.1, 0.15) is 0 Å². The molecule has 0 aliphatic carbocycles. The minimum atomic E-state index is 0.380. The Morgan fingerprint density at radius 2 is 1.00 bits per heavy atom. The lowest BCUT2D eigenvalue weighted by molar-refractivity contribution is 2.13. The molecule has 0 N–H and O–H groups in total. The zero-order valence-electron chi connectivity index (χ0n) is 3.45. The molecule has 0 heterocycles. The molecule has 0 radical (unpaired) electrons. The van der Waals surface area contributed by atoms with Crippen molar-refractivity contribution in [3.05, 3.63) is 0 Å². The quantitative estimate of drug-likeness (QED) is 0.302. The first-order valence-electron chi connectivity index (χ1n) is 1.34. The summed E-state index contributed by atoms with van der Waals surface area (Å²) < 4.78 is 0. The molecule has 1 heteroatoms. The first-order chi connectivity index (χ1) is 1.73. The van der Waals surface area contributed by atoms with E-state index in [1.807, 2.05) is 0 Å². The molecule has 0 amide bonds. The smallest absolute Gasteiger partial charge is 0.0449 e. The highest BCUT2D eigenvalue weighted by Crippen LogP contribution is 2.14. The number of hydrogen-bond acceptors (Lipinski definition) is 0. The summed E-state index contributed by atoms with van der Waals surface area (Å²) in [6.45, 7) is 6.69. The van der Waals surface area contributed by atoms with Gasteiger partial charge in [0.05, 0.1) is 0 Å². The Morgan fingerprint density at radius 1 is 1.00 bits per heavy atom. The van der Waals surface area contributed by atoms with E-state index in [4.69, 9.17) is 0 Å². The summed E-state index contributed by atoms with van der Waals surface area (Å²) in [5.74, 6) is 0. The van der Waals surface area contributed by atoms with Crippen molar-refractivity contribution >= 4 is 7.92 Å². The molecular weight excluding hydrogens is 68.0 g/mol. The van der Waals surface area contributed by atoms with Gasteiger partial charge in [0.2, 0.25) is 0 Å². The predicted octanol–water partition coefficient (Wildman–Crippen LogP) is 1.36. The molecule has 0 unspecified atom stereocenters. The van der Waals surface area contributed by atoms with Crippen molar-refractivity contribution in [3.8, 4) is 0 Å². The van der Waals surface area contributed by atoms with Gasteiger partial charge in [0.15, 0.2) is 0 Å². The second kappa shape index (κ2) is 1.72. The Hall–Kier alpha value is 0.430. The maximum Gasteiger partial charge on any atom is -0.0449 e. The van der Waals surface area contributed by atoms with E-state index in [1.54, 1.807) is 0 Å². The van der Waals surface area contributed by atoms with Crippen LogP contribution in [-0.4, -0.2) is 20.0 Å². The molecule has 4 heavy (non-hydrogen) atoms. The van der Waals surface area contributed by atoms with E-state index in [0.717, 1.165) is 0 Å². The van der Waals surface area contributed by atoms with E-state index >= 15 is 0 Å². The monoisotopic (exact) mass is 77.0 g/mol. The third-order valence-electron chi connectivity index (χ3n) is 0. The van der Waals surface area contributed by atoms with Crippen molar-refractivity contribution in [3.63, 3.8) is 0 Å². The van der Waals surface area contributed by atoms with Crippen LogP contribution in [-0.2, 0) is 0 Å². The van der Waals surface area contributed by atoms with Gasteiger partial charge in [0, 0.05) is 0 Å². The van der Waals surface area contributed by atoms with E-state index < -0.39 is 0 Å². The molecule has 0 saturated heterocycles. The first-order valence-corrected chi connectivity index (χ1v) is 4.02. The summed E-state index contributed by atoms with van der Waals surface area (Å²) in [4.78, 5) is 0. The summed E-state index contributed by atoms with van der Waals surface area (Å²) >= 11 is 0. The van der Waals surface area contributed by atoms with E-state index in [-0.39, 0.29) is 0 Å². The maximum atomic E-state index is 2.23. The van der Waals surface area contributed by atoms with Gasteiger partial charge in [-0.2, -0.15) is 0 Å². The predicted molar refractivity (Wildman–Crippen MR) is 24.7 cm³/mol. The standard InChI is InChI=1S/C3H9P/c1-4(2)3/h1-3H3/i1+1. The summed E-state index contributed by atoms with van der Waals surface area (Å²) in [6, 6.07) is 0. The van der Waals surface area contributed by atoms with Gasteiger partial charge in [-0.15, -0.1) is 7.92 Å². The number of rotatable bonds is 0. The van der Waals surface area contributed by atoms with Crippen LogP contribution in [0.3, 0.4) is 0 Å². The van der Waals surface area contributed by atoms with Gasteiger partial charge in [0.25, 0.3) is 0 Å². The lowest BCUT2D eigenvalue weighted by Gasteiger charge is -1.81. The highest BCUT2D eigenvalue weighted by molar-refractivity contribution is 7.55. The fourth-order valence-electron chi connectivity index (χ4n) is 0. The molecule has 0 rings (SSSR count). The minimum Gasteiger partial charge on any atom is -0.116 e. The van der Waals surface area contributed by atoms with Gasteiger partial charge < -0.3 is 0 Å². The molecule has 0 aromatic carbocycles. The Labute approximate surface area is 29.0 Å². The Bertz CT molecular complexity index is 8.00. The van der Waals surface area contributed by atoms with Crippen LogP contribution in [0.2, 0.25) is 0 Å². The Kier molecular flexibility index (Phi) is 1.91. The second-order valence-electron chi connectivity index (χ2n) is 1.34. The van der Waals surface area contributed by atoms with Crippen LogP contribution in [0.4, 0.5) is 0 Å². The molecule has 0 saturated carbocycles. The average molecular weight is 77.1 g/mol. The zero-order chi connectivity index (χ0) is 3.58. The molecule has 0 aromatic rings. The fraction of sp³-hybridized carbons (Fsp3) is 1.00. The van der Waals surface area contributed by atoms with Crippen molar-refractivity contribution < 1.29 is 0 Å². The van der Waals surface area contributed by atoms with E-state index in [1.165, 1.54) is 0 Å². The minimum absolute atomic E-state index is 0.380. The van der Waals surface area contributed by atoms with Crippen LogP contribution in [0.5, 0.6) is 0 Å². The summed E-state index contributed by atoms with van der Waals surface area (Å²) in [6.07, 6.45) is 0. The lowest BCUT2D eigenvalue weighted by Crippen LogP contribution is -1.48. The SMILES string of the molecule is CP(C)[13CH3]. The highest BCUT2D eigenvalue weighted by atomic mass is 31.1. The van der Waals surface area contributed by atoms with Gasteiger partial charge in [0.1, 0.15) is 0 Å². The molecule has 0 bridgehead atoms. The molecule has 0 fully saturated rings.